The molecule has 0 atom stereocenters. The molecule has 0 saturated heterocycles. The van der Waals surface area contributed by atoms with Gasteiger partial charge in [0.2, 0.25) is 6.41 Å². The average Bonchev–Trinajstić information content (AvgIpc) is 2.45. The molecule has 0 aliphatic heterocycles. The summed E-state index contributed by atoms with van der Waals surface area (Å²) in [5.74, 6) is 0. The highest BCUT2D eigenvalue weighted by Crippen LogP contribution is 2.15. The summed E-state index contributed by atoms with van der Waals surface area (Å²) in [6, 6.07) is 14.9. The zero-order valence-electron chi connectivity index (χ0n) is 10.4. The monoisotopic (exact) mass is 289 g/mol. The van der Waals surface area contributed by atoms with Gasteiger partial charge in [-0.1, -0.05) is 35.9 Å². The number of benzene rings is 2. The van der Waals surface area contributed by atoms with Gasteiger partial charge in [0.05, 0.1) is 5.69 Å². The van der Waals surface area contributed by atoms with Crippen molar-refractivity contribution in [1.82, 2.24) is 5.43 Å². The molecule has 0 fully saturated rings. The summed E-state index contributed by atoms with van der Waals surface area (Å²) in [7, 11) is 0. The van der Waals surface area contributed by atoms with Crippen LogP contribution in [0.25, 0.3) is 0 Å². The molecule has 0 saturated carbocycles. The molecule has 0 aromatic heterocycles. The number of hydrogen-bond acceptors (Lipinski definition) is 2. The molecule has 0 aliphatic carbocycles. The Morgan fingerprint density at radius 3 is 2.50 bits per heavy atom. The van der Waals surface area contributed by atoms with Crippen molar-refractivity contribution in [2.75, 3.05) is 10.3 Å². The largest absolute Gasteiger partial charge is 0.338 e. The molecule has 0 radical (unpaired) electrons. The summed E-state index contributed by atoms with van der Waals surface area (Å²) in [6.45, 7) is 0. The molecule has 0 bridgehead atoms. The summed E-state index contributed by atoms with van der Waals surface area (Å²) >= 11 is 5.82. The molecule has 6 heteroatoms. The van der Waals surface area contributed by atoms with Crippen LogP contribution >= 0.6 is 11.6 Å². The molecule has 102 valence electrons. The molecule has 3 amide bonds. The Labute approximate surface area is 121 Å². The van der Waals surface area contributed by atoms with E-state index in [1.165, 1.54) is 0 Å². The van der Waals surface area contributed by atoms with Crippen LogP contribution < -0.4 is 15.8 Å². The van der Waals surface area contributed by atoms with Crippen LogP contribution in [0.4, 0.5) is 16.2 Å². The minimum Gasteiger partial charge on any atom is -0.307 e. The number of carbonyl (C=O) groups excluding carboxylic acids is 2. The number of nitrogens with zero attached hydrogens (tertiary/aromatic N) is 1. The van der Waals surface area contributed by atoms with Crippen molar-refractivity contribution in [2.24, 2.45) is 0 Å². The molecular weight excluding hydrogens is 278 g/mol. The van der Waals surface area contributed by atoms with Crippen molar-refractivity contribution >= 4 is 35.4 Å². The molecule has 0 unspecified atom stereocenters. The summed E-state index contributed by atoms with van der Waals surface area (Å²) in [6.07, 6.45) is 0.521. The minimum absolute atomic E-state index is 0.512. The first-order valence-corrected chi connectivity index (χ1v) is 6.19. The van der Waals surface area contributed by atoms with E-state index < -0.39 is 6.03 Å². The van der Waals surface area contributed by atoms with Crippen LogP contribution in [0, 0.1) is 0 Å². The van der Waals surface area contributed by atoms with Crippen LogP contribution in [-0.2, 0) is 4.79 Å². The van der Waals surface area contributed by atoms with E-state index in [1.807, 2.05) is 6.07 Å². The van der Waals surface area contributed by atoms with Gasteiger partial charge in [-0.05, 0) is 30.3 Å². The molecular formula is C14H12ClN3O2. The third kappa shape index (κ3) is 3.73. The van der Waals surface area contributed by atoms with Crippen LogP contribution in [0.15, 0.2) is 54.6 Å². The van der Waals surface area contributed by atoms with E-state index in [0.29, 0.717) is 22.8 Å². The van der Waals surface area contributed by atoms with Crippen molar-refractivity contribution in [2.45, 2.75) is 0 Å². The highest BCUT2D eigenvalue weighted by Gasteiger charge is 2.09. The van der Waals surface area contributed by atoms with E-state index in [1.54, 1.807) is 48.5 Å². The van der Waals surface area contributed by atoms with Crippen molar-refractivity contribution < 1.29 is 9.59 Å². The predicted octanol–water partition coefficient (Wildman–Crippen LogP) is 3.04. The van der Waals surface area contributed by atoms with Gasteiger partial charge in [-0.15, -0.1) is 0 Å². The summed E-state index contributed by atoms with van der Waals surface area (Å²) in [5, 5.41) is 4.18. The SMILES string of the molecule is O=CN(NC(=O)Nc1cccc(Cl)c1)c1ccccc1. The van der Waals surface area contributed by atoms with Crippen LogP contribution in [0.5, 0.6) is 0 Å². The van der Waals surface area contributed by atoms with Crippen LogP contribution in [0.1, 0.15) is 0 Å². The number of rotatable bonds is 4. The van der Waals surface area contributed by atoms with Crippen molar-refractivity contribution in [3.05, 3.63) is 59.6 Å². The highest BCUT2D eigenvalue weighted by atomic mass is 35.5. The molecule has 0 heterocycles. The van der Waals surface area contributed by atoms with Gasteiger partial charge in [-0.25, -0.2) is 15.2 Å². The second-order valence-corrected chi connectivity index (χ2v) is 4.32. The zero-order chi connectivity index (χ0) is 14.4. The van der Waals surface area contributed by atoms with E-state index in [2.05, 4.69) is 10.7 Å². The summed E-state index contributed by atoms with van der Waals surface area (Å²) in [5.41, 5.74) is 3.52. The minimum atomic E-state index is -0.539. The van der Waals surface area contributed by atoms with E-state index in [4.69, 9.17) is 11.6 Å². The Morgan fingerprint density at radius 2 is 1.85 bits per heavy atom. The van der Waals surface area contributed by atoms with Gasteiger partial charge in [-0.3, -0.25) is 4.79 Å². The number of carbonyl (C=O) groups is 2. The molecule has 0 spiro atoms. The van der Waals surface area contributed by atoms with Gasteiger partial charge in [0.25, 0.3) is 0 Å². The Balaban J connectivity index is 2.01. The first kappa shape index (κ1) is 13.9. The van der Waals surface area contributed by atoms with E-state index in [9.17, 15) is 9.59 Å². The standard InChI is InChI=1S/C14H12ClN3O2/c15-11-5-4-6-12(9-11)16-14(20)17-18(10-19)13-7-2-1-3-8-13/h1-10H,(H2,16,17,20). The maximum absolute atomic E-state index is 11.8. The van der Waals surface area contributed by atoms with E-state index in [-0.39, 0.29) is 0 Å². The molecule has 20 heavy (non-hydrogen) atoms. The second kappa shape index (κ2) is 6.58. The Morgan fingerprint density at radius 1 is 1.10 bits per heavy atom. The van der Waals surface area contributed by atoms with Crippen molar-refractivity contribution in [3.63, 3.8) is 0 Å². The Hall–Kier alpha value is -2.53. The third-order valence-electron chi connectivity index (χ3n) is 2.44. The molecule has 2 N–H and O–H groups in total. The number of para-hydroxylation sites is 1. The van der Waals surface area contributed by atoms with Gasteiger partial charge >= 0.3 is 6.03 Å². The quantitative estimate of drug-likeness (QED) is 0.671. The lowest BCUT2D eigenvalue weighted by molar-refractivity contribution is -0.107. The Kier molecular flexibility index (Phi) is 4.57. The van der Waals surface area contributed by atoms with Gasteiger partial charge in [0.1, 0.15) is 0 Å². The van der Waals surface area contributed by atoms with E-state index in [0.717, 1.165) is 5.01 Å². The third-order valence-corrected chi connectivity index (χ3v) is 2.68. The van der Waals surface area contributed by atoms with Crippen molar-refractivity contribution in [1.29, 1.82) is 0 Å². The Bertz CT molecular complexity index is 604. The molecule has 5 nitrogen and oxygen atoms in total. The smallest absolute Gasteiger partial charge is 0.307 e. The number of hydrazine groups is 1. The lowest BCUT2D eigenvalue weighted by Gasteiger charge is -2.18. The number of hydrogen-bond donors (Lipinski definition) is 2. The fraction of sp³-hybridized carbons (Fsp3) is 0. The van der Waals surface area contributed by atoms with Gasteiger partial charge in [0.15, 0.2) is 0 Å². The van der Waals surface area contributed by atoms with E-state index >= 15 is 0 Å². The lowest BCUT2D eigenvalue weighted by atomic mass is 10.3. The number of amides is 3. The fourth-order valence-electron chi connectivity index (χ4n) is 1.58. The number of anilines is 2. The second-order valence-electron chi connectivity index (χ2n) is 3.89. The zero-order valence-corrected chi connectivity index (χ0v) is 11.2. The normalized spacial score (nSPS) is 9.65. The number of nitrogens with one attached hydrogen (secondary N) is 2. The number of urea groups is 1. The first-order chi connectivity index (χ1) is 9.69. The van der Waals surface area contributed by atoms with Gasteiger partial charge in [0, 0.05) is 10.7 Å². The van der Waals surface area contributed by atoms with Crippen molar-refractivity contribution in [3.8, 4) is 0 Å². The highest BCUT2D eigenvalue weighted by molar-refractivity contribution is 6.30. The van der Waals surface area contributed by atoms with Gasteiger partial charge < -0.3 is 5.32 Å². The van der Waals surface area contributed by atoms with Crippen LogP contribution in [0.3, 0.4) is 0 Å². The fourth-order valence-corrected chi connectivity index (χ4v) is 1.77. The maximum atomic E-state index is 11.8. The summed E-state index contributed by atoms with van der Waals surface area (Å²) in [4.78, 5) is 22.8. The molecule has 2 rings (SSSR count). The molecule has 2 aromatic carbocycles. The topological polar surface area (TPSA) is 61.4 Å². The molecule has 2 aromatic rings. The maximum Gasteiger partial charge on any atom is 0.338 e. The summed E-state index contributed by atoms with van der Waals surface area (Å²) < 4.78 is 0. The molecule has 0 aliphatic rings. The van der Waals surface area contributed by atoms with Crippen LogP contribution in [0.2, 0.25) is 5.02 Å². The predicted molar refractivity (Wildman–Crippen MR) is 78.6 cm³/mol. The van der Waals surface area contributed by atoms with Crippen LogP contribution in [-0.4, -0.2) is 12.4 Å². The van der Waals surface area contributed by atoms with Gasteiger partial charge in [-0.2, -0.15) is 0 Å². The number of halogens is 1. The lowest BCUT2D eigenvalue weighted by Crippen LogP contribution is -2.43. The average molecular weight is 290 g/mol. The first-order valence-electron chi connectivity index (χ1n) is 5.82.